The molecule has 3 rings (SSSR count). The average molecular weight is 328 g/mol. The molecule has 2 aromatic rings. The van der Waals surface area contributed by atoms with E-state index in [0.29, 0.717) is 17.0 Å². The number of unbranched alkanes of at least 4 members (excludes halogenated alkanes) is 1. The van der Waals surface area contributed by atoms with Crippen LogP contribution >= 0.6 is 0 Å². The number of hydrogen-bond donors (Lipinski definition) is 0. The Bertz CT molecular complexity index is 622. The molecule has 2 heteroatoms. The molecule has 0 spiro atoms. The van der Waals surface area contributed by atoms with Gasteiger partial charge in [-0.2, -0.15) is 0 Å². The van der Waals surface area contributed by atoms with Crippen LogP contribution in [-0.2, 0) is 5.41 Å². The van der Waals surface area contributed by atoms with Crippen LogP contribution in [0.2, 0.25) is 0 Å². The van der Waals surface area contributed by atoms with Crippen LogP contribution in [-0.4, -0.2) is 0 Å². The van der Waals surface area contributed by atoms with Gasteiger partial charge in [-0.1, -0.05) is 62.6 Å². The number of rotatable bonds is 5. The first-order valence-electron chi connectivity index (χ1n) is 9.17. The molecule has 0 heterocycles. The van der Waals surface area contributed by atoms with Gasteiger partial charge in [-0.15, -0.1) is 0 Å². The van der Waals surface area contributed by atoms with Gasteiger partial charge in [-0.3, -0.25) is 0 Å². The monoisotopic (exact) mass is 328 g/mol. The second-order valence-electron chi connectivity index (χ2n) is 7.13. The Balaban J connectivity index is 1.98. The van der Waals surface area contributed by atoms with Crippen LogP contribution in [0.3, 0.4) is 0 Å². The van der Waals surface area contributed by atoms with Gasteiger partial charge in [-0.25, -0.2) is 8.78 Å². The topological polar surface area (TPSA) is 0 Å². The quantitative estimate of drug-likeness (QED) is 0.578. The molecule has 0 amide bonds. The lowest BCUT2D eigenvalue weighted by atomic mass is 9.62. The van der Waals surface area contributed by atoms with Gasteiger partial charge < -0.3 is 0 Å². The minimum atomic E-state index is -0.528. The normalized spacial score (nSPS) is 17.8. The highest BCUT2D eigenvalue weighted by Crippen LogP contribution is 2.48. The first-order valence-corrected chi connectivity index (χ1v) is 9.17. The van der Waals surface area contributed by atoms with E-state index in [1.165, 1.54) is 31.4 Å². The molecule has 2 aromatic carbocycles. The van der Waals surface area contributed by atoms with Crippen LogP contribution in [0.5, 0.6) is 0 Å². The summed E-state index contributed by atoms with van der Waals surface area (Å²) in [7, 11) is 0. The van der Waals surface area contributed by atoms with Crippen molar-refractivity contribution in [3.63, 3.8) is 0 Å². The van der Waals surface area contributed by atoms with Crippen molar-refractivity contribution in [1.82, 2.24) is 0 Å². The van der Waals surface area contributed by atoms with Gasteiger partial charge in [0, 0.05) is 5.41 Å². The van der Waals surface area contributed by atoms with Crippen molar-refractivity contribution in [2.24, 2.45) is 5.92 Å². The summed E-state index contributed by atoms with van der Waals surface area (Å²) in [4.78, 5) is 0. The predicted molar refractivity (Wildman–Crippen MR) is 95.1 cm³/mol. The Morgan fingerprint density at radius 3 is 1.83 bits per heavy atom. The molecule has 0 bridgehead atoms. The summed E-state index contributed by atoms with van der Waals surface area (Å²) in [6, 6.07) is 13.8. The van der Waals surface area contributed by atoms with E-state index in [9.17, 15) is 8.78 Å². The lowest BCUT2D eigenvalue weighted by Gasteiger charge is -2.41. The van der Waals surface area contributed by atoms with Crippen LogP contribution in [0.25, 0.3) is 0 Å². The molecule has 1 aliphatic carbocycles. The minimum Gasteiger partial charge on any atom is -0.207 e. The third kappa shape index (κ3) is 3.24. The Morgan fingerprint density at radius 2 is 1.38 bits per heavy atom. The fourth-order valence-electron chi connectivity index (χ4n) is 4.33. The van der Waals surface area contributed by atoms with Gasteiger partial charge in [0.15, 0.2) is 0 Å². The number of halogens is 2. The van der Waals surface area contributed by atoms with Crippen molar-refractivity contribution in [3.05, 3.63) is 71.3 Å². The highest BCUT2D eigenvalue weighted by atomic mass is 19.1. The molecule has 0 saturated heterocycles. The molecule has 1 aliphatic rings. The zero-order chi connectivity index (χ0) is 17.0. The SMILES string of the molecule is CCCCC1CCC(c2ccccc2F)(c2ccccc2F)CC1. The molecule has 0 nitrogen and oxygen atoms in total. The number of benzene rings is 2. The predicted octanol–water partition coefficient (Wildman–Crippen LogP) is 6.63. The van der Waals surface area contributed by atoms with Gasteiger partial charge in [0.25, 0.3) is 0 Å². The zero-order valence-electron chi connectivity index (χ0n) is 14.4. The van der Waals surface area contributed by atoms with Gasteiger partial charge >= 0.3 is 0 Å². The summed E-state index contributed by atoms with van der Waals surface area (Å²) in [6.45, 7) is 2.21. The fourth-order valence-corrected chi connectivity index (χ4v) is 4.33. The summed E-state index contributed by atoms with van der Waals surface area (Å²) < 4.78 is 29.2. The molecule has 0 aromatic heterocycles. The van der Waals surface area contributed by atoms with Crippen molar-refractivity contribution < 1.29 is 8.78 Å². The lowest BCUT2D eigenvalue weighted by Crippen LogP contribution is -2.35. The zero-order valence-corrected chi connectivity index (χ0v) is 14.4. The number of hydrogen-bond acceptors (Lipinski definition) is 0. The second-order valence-corrected chi connectivity index (χ2v) is 7.13. The van der Waals surface area contributed by atoms with E-state index < -0.39 is 5.41 Å². The molecule has 128 valence electrons. The second kappa shape index (κ2) is 7.46. The van der Waals surface area contributed by atoms with Crippen molar-refractivity contribution in [3.8, 4) is 0 Å². The van der Waals surface area contributed by atoms with Gasteiger partial charge in [0.2, 0.25) is 0 Å². The van der Waals surface area contributed by atoms with E-state index in [1.54, 1.807) is 12.1 Å². The maximum absolute atomic E-state index is 14.6. The standard InChI is InChI=1S/C22H26F2/c1-2-3-8-17-13-15-22(16-14-17,18-9-4-6-11-20(18)23)19-10-5-7-12-21(19)24/h4-7,9-12,17H,2-3,8,13-16H2,1H3. The Morgan fingerprint density at radius 1 is 0.875 bits per heavy atom. The highest BCUT2D eigenvalue weighted by molar-refractivity contribution is 5.41. The summed E-state index contributed by atoms with van der Waals surface area (Å²) in [5, 5.41) is 0. The molecular weight excluding hydrogens is 302 g/mol. The maximum atomic E-state index is 14.6. The molecule has 0 atom stereocenters. The summed E-state index contributed by atoms with van der Waals surface area (Å²) in [5.74, 6) is 0.261. The Labute approximate surface area is 143 Å². The molecule has 0 radical (unpaired) electrons. The Kier molecular flexibility index (Phi) is 5.33. The van der Waals surface area contributed by atoms with Crippen molar-refractivity contribution >= 4 is 0 Å². The van der Waals surface area contributed by atoms with E-state index in [-0.39, 0.29) is 11.6 Å². The van der Waals surface area contributed by atoms with E-state index in [0.717, 1.165) is 25.7 Å². The van der Waals surface area contributed by atoms with Gasteiger partial charge in [0.1, 0.15) is 11.6 Å². The van der Waals surface area contributed by atoms with Gasteiger partial charge in [0.05, 0.1) is 0 Å². The van der Waals surface area contributed by atoms with Crippen molar-refractivity contribution in [2.45, 2.75) is 57.3 Å². The third-order valence-corrected chi connectivity index (χ3v) is 5.70. The molecule has 0 unspecified atom stereocenters. The van der Waals surface area contributed by atoms with Crippen LogP contribution in [0, 0.1) is 17.6 Å². The van der Waals surface area contributed by atoms with Gasteiger partial charge in [-0.05, 0) is 54.9 Å². The summed E-state index contributed by atoms with van der Waals surface area (Å²) >= 11 is 0. The lowest BCUT2D eigenvalue weighted by molar-refractivity contribution is 0.242. The minimum absolute atomic E-state index is 0.215. The first-order chi connectivity index (χ1) is 11.7. The molecule has 24 heavy (non-hydrogen) atoms. The molecule has 0 aliphatic heterocycles. The Hall–Kier alpha value is -1.70. The van der Waals surface area contributed by atoms with E-state index >= 15 is 0 Å². The fraction of sp³-hybridized carbons (Fsp3) is 0.455. The van der Waals surface area contributed by atoms with E-state index in [2.05, 4.69) is 6.92 Å². The van der Waals surface area contributed by atoms with Crippen LogP contribution in [0.4, 0.5) is 8.78 Å². The first kappa shape index (κ1) is 17.1. The van der Waals surface area contributed by atoms with E-state index in [4.69, 9.17) is 0 Å². The van der Waals surface area contributed by atoms with Crippen LogP contribution < -0.4 is 0 Å². The molecule has 0 N–H and O–H groups in total. The van der Waals surface area contributed by atoms with Crippen LogP contribution in [0.15, 0.2) is 48.5 Å². The summed E-state index contributed by atoms with van der Waals surface area (Å²) in [6.07, 6.45) is 7.43. The third-order valence-electron chi connectivity index (χ3n) is 5.70. The smallest absolute Gasteiger partial charge is 0.127 e. The van der Waals surface area contributed by atoms with E-state index in [1.807, 2.05) is 24.3 Å². The molecule has 1 fully saturated rings. The largest absolute Gasteiger partial charge is 0.207 e. The summed E-state index contributed by atoms with van der Waals surface area (Å²) in [5.41, 5.74) is 0.785. The molecular formula is C22H26F2. The highest BCUT2D eigenvalue weighted by Gasteiger charge is 2.41. The van der Waals surface area contributed by atoms with Crippen LogP contribution in [0.1, 0.15) is 63.0 Å². The maximum Gasteiger partial charge on any atom is 0.127 e. The average Bonchev–Trinajstić information content (AvgIpc) is 2.61. The van der Waals surface area contributed by atoms with Crippen molar-refractivity contribution in [1.29, 1.82) is 0 Å². The molecule has 1 saturated carbocycles. The van der Waals surface area contributed by atoms with Crippen molar-refractivity contribution in [2.75, 3.05) is 0 Å².